The van der Waals surface area contributed by atoms with Gasteiger partial charge in [-0.1, -0.05) is 19.8 Å². The van der Waals surface area contributed by atoms with E-state index in [1.807, 2.05) is 0 Å². The zero-order valence-corrected chi connectivity index (χ0v) is 10.3. The van der Waals surface area contributed by atoms with Crippen molar-refractivity contribution in [3.8, 4) is 0 Å². The zero-order chi connectivity index (χ0) is 11.6. The van der Waals surface area contributed by atoms with Crippen molar-refractivity contribution in [2.75, 3.05) is 6.61 Å². The summed E-state index contributed by atoms with van der Waals surface area (Å²) in [6.45, 7) is 2.47. The lowest BCUT2D eigenvalue weighted by Gasteiger charge is -2.42. The van der Waals surface area contributed by atoms with E-state index in [4.69, 9.17) is 0 Å². The van der Waals surface area contributed by atoms with Crippen LogP contribution in [0, 0.1) is 5.92 Å². The van der Waals surface area contributed by atoms with E-state index in [1.54, 1.807) is 0 Å². The molecule has 2 aliphatic carbocycles. The highest BCUT2D eigenvalue weighted by atomic mass is 16.3. The lowest BCUT2D eigenvalue weighted by Crippen LogP contribution is -2.57. The fraction of sp³-hybridized carbons (Fsp3) is 1.00. The van der Waals surface area contributed by atoms with E-state index in [0.717, 1.165) is 32.1 Å². The summed E-state index contributed by atoms with van der Waals surface area (Å²) >= 11 is 0. The Morgan fingerprint density at radius 3 is 2.62 bits per heavy atom. The smallest absolute Gasteiger partial charge is 0.0693 e. The van der Waals surface area contributed by atoms with Crippen LogP contribution in [0.1, 0.15) is 51.9 Å². The van der Waals surface area contributed by atoms with Crippen LogP contribution in [0.4, 0.5) is 0 Å². The van der Waals surface area contributed by atoms with Gasteiger partial charge in [0.15, 0.2) is 0 Å². The van der Waals surface area contributed by atoms with Crippen molar-refractivity contribution in [2.24, 2.45) is 5.92 Å². The standard InChI is InChI=1S/C13H25NO2/c1-10-4-3-7-13(8-10,9-15)14-11-5-2-6-12(11)16/h10-12,14-16H,2-9H2,1H3. The van der Waals surface area contributed by atoms with Crippen molar-refractivity contribution in [2.45, 2.75) is 69.6 Å². The molecule has 0 radical (unpaired) electrons. The Morgan fingerprint density at radius 2 is 2.06 bits per heavy atom. The first-order valence-electron chi connectivity index (χ1n) is 6.72. The van der Waals surface area contributed by atoms with Crippen LogP contribution in [0.25, 0.3) is 0 Å². The largest absolute Gasteiger partial charge is 0.394 e. The van der Waals surface area contributed by atoms with Crippen LogP contribution in [-0.2, 0) is 0 Å². The van der Waals surface area contributed by atoms with Crippen LogP contribution in [-0.4, -0.2) is 34.5 Å². The number of aliphatic hydroxyl groups is 2. The Hall–Kier alpha value is -0.120. The minimum Gasteiger partial charge on any atom is -0.394 e. The molecule has 0 heterocycles. The summed E-state index contributed by atoms with van der Waals surface area (Å²) < 4.78 is 0. The highest BCUT2D eigenvalue weighted by Gasteiger charge is 2.38. The molecule has 0 aromatic carbocycles. The van der Waals surface area contributed by atoms with E-state index in [9.17, 15) is 10.2 Å². The molecular formula is C13H25NO2. The normalized spacial score (nSPS) is 44.8. The first kappa shape index (κ1) is 12.3. The summed E-state index contributed by atoms with van der Waals surface area (Å²) in [7, 11) is 0. The van der Waals surface area contributed by atoms with Gasteiger partial charge in [0.2, 0.25) is 0 Å². The van der Waals surface area contributed by atoms with Crippen LogP contribution in [0.2, 0.25) is 0 Å². The summed E-state index contributed by atoms with van der Waals surface area (Å²) in [5.41, 5.74) is -0.117. The predicted molar refractivity (Wildman–Crippen MR) is 64.2 cm³/mol. The monoisotopic (exact) mass is 227 g/mol. The summed E-state index contributed by atoms with van der Waals surface area (Å²) in [5.74, 6) is 0.687. The van der Waals surface area contributed by atoms with Gasteiger partial charge < -0.3 is 15.5 Å². The molecule has 2 rings (SSSR count). The zero-order valence-electron chi connectivity index (χ0n) is 10.3. The van der Waals surface area contributed by atoms with Crippen molar-refractivity contribution >= 4 is 0 Å². The Morgan fingerprint density at radius 1 is 1.25 bits per heavy atom. The van der Waals surface area contributed by atoms with Crippen molar-refractivity contribution in [3.05, 3.63) is 0 Å². The van der Waals surface area contributed by atoms with Gasteiger partial charge in [-0.2, -0.15) is 0 Å². The quantitative estimate of drug-likeness (QED) is 0.683. The maximum absolute atomic E-state index is 9.85. The van der Waals surface area contributed by atoms with Crippen LogP contribution in [0.5, 0.6) is 0 Å². The molecule has 3 nitrogen and oxygen atoms in total. The fourth-order valence-corrected chi connectivity index (χ4v) is 3.48. The van der Waals surface area contributed by atoms with Gasteiger partial charge >= 0.3 is 0 Å². The first-order valence-corrected chi connectivity index (χ1v) is 6.72. The van der Waals surface area contributed by atoms with E-state index < -0.39 is 0 Å². The van der Waals surface area contributed by atoms with Gasteiger partial charge in [0, 0.05) is 11.6 Å². The molecule has 2 aliphatic rings. The molecule has 3 N–H and O–H groups in total. The minimum atomic E-state index is -0.208. The first-order chi connectivity index (χ1) is 7.65. The summed E-state index contributed by atoms with van der Waals surface area (Å²) in [4.78, 5) is 0. The van der Waals surface area contributed by atoms with Gasteiger partial charge in [0.25, 0.3) is 0 Å². The number of aliphatic hydroxyl groups excluding tert-OH is 2. The van der Waals surface area contributed by atoms with Gasteiger partial charge in [-0.25, -0.2) is 0 Å². The molecule has 2 fully saturated rings. The van der Waals surface area contributed by atoms with E-state index in [-0.39, 0.29) is 24.3 Å². The Bertz CT molecular complexity index is 234. The van der Waals surface area contributed by atoms with Crippen molar-refractivity contribution in [1.29, 1.82) is 0 Å². The Kier molecular flexibility index (Phi) is 3.88. The van der Waals surface area contributed by atoms with E-state index in [1.165, 1.54) is 12.8 Å². The predicted octanol–water partition coefficient (Wildman–Crippen LogP) is 1.43. The molecule has 0 spiro atoms. The molecule has 94 valence electrons. The maximum Gasteiger partial charge on any atom is 0.0693 e. The van der Waals surface area contributed by atoms with Crippen molar-refractivity contribution < 1.29 is 10.2 Å². The molecule has 0 aromatic rings. The molecule has 0 bridgehead atoms. The second-order valence-corrected chi connectivity index (χ2v) is 5.89. The fourth-order valence-electron chi connectivity index (χ4n) is 3.48. The molecule has 0 saturated heterocycles. The summed E-state index contributed by atoms with van der Waals surface area (Å²) in [6, 6.07) is 0.206. The van der Waals surface area contributed by atoms with Crippen LogP contribution in [0.15, 0.2) is 0 Å². The van der Waals surface area contributed by atoms with Gasteiger partial charge in [0.05, 0.1) is 12.7 Å². The highest BCUT2D eigenvalue weighted by Crippen LogP contribution is 2.34. The highest BCUT2D eigenvalue weighted by molar-refractivity contribution is 4.97. The molecule has 0 aromatic heterocycles. The topological polar surface area (TPSA) is 52.5 Å². The molecule has 0 amide bonds. The Labute approximate surface area is 98.2 Å². The minimum absolute atomic E-state index is 0.117. The van der Waals surface area contributed by atoms with Gasteiger partial charge in [-0.3, -0.25) is 0 Å². The molecule has 4 unspecified atom stereocenters. The van der Waals surface area contributed by atoms with Gasteiger partial charge in [0.1, 0.15) is 0 Å². The van der Waals surface area contributed by atoms with Gasteiger partial charge in [-0.15, -0.1) is 0 Å². The number of nitrogens with one attached hydrogen (secondary N) is 1. The molecular weight excluding hydrogens is 202 g/mol. The molecule has 2 saturated carbocycles. The third-order valence-electron chi connectivity index (χ3n) is 4.37. The Balaban J connectivity index is 1.97. The maximum atomic E-state index is 9.85. The third kappa shape index (κ3) is 2.58. The SMILES string of the molecule is CC1CCCC(CO)(NC2CCCC2O)C1. The van der Waals surface area contributed by atoms with E-state index in [2.05, 4.69) is 12.2 Å². The van der Waals surface area contributed by atoms with Crippen molar-refractivity contribution in [3.63, 3.8) is 0 Å². The lowest BCUT2D eigenvalue weighted by atomic mass is 9.76. The van der Waals surface area contributed by atoms with E-state index >= 15 is 0 Å². The van der Waals surface area contributed by atoms with Crippen LogP contribution >= 0.6 is 0 Å². The lowest BCUT2D eigenvalue weighted by molar-refractivity contribution is 0.0607. The van der Waals surface area contributed by atoms with Crippen molar-refractivity contribution in [1.82, 2.24) is 5.32 Å². The molecule has 0 aliphatic heterocycles. The summed E-state index contributed by atoms with van der Waals surface area (Å²) in [6.07, 6.45) is 7.43. The van der Waals surface area contributed by atoms with Crippen LogP contribution < -0.4 is 5.32 Å². The van der Waals surface area contributed by atoms with Gasteiger partial charge in [-0.05, 0) is 38.0 Å². The second kappa shape index (κ2) is 5.03. The third-order valence-corrected chi connectivity index (χ3v) is 4.37. The summed E-state index contributed by atoms with van der Waals surface area (Å²) in [5, 5.41) is 23.1. The number of rotatable bonds is 3. The second-order valence-electron chi connectivity index (χ2n) is 5.89. The number of hydrogen-bond acceptors (Lipinski definition) is 3. The van der Waals surface area contributed by atoms with Crippen LogP contribution in [0.3, 0.4) is 0 Å². The average molecular weight is 227 g/mol. The molecule has 4 atom stereocenters. The average Bonchev–Trinajstić information content (AvgIpc) is 2.64. The number of hydrogen-bond donors (Lipinski definition) is 3. The molecule has 3 heteroatoms. The molecule has 16 heavy (non-hydrogen) atoms. The van der Waals surface area contributed by atoms with E-state index in [0.29, 0.717) is 5.92 Å².